The third-order valence-electron chi connectivity index (χ3n) is 3.08. The third kappa shape index (κ3) is 3.09. The van der Waals surface area contributed by atoms with E-state index in [0.29, 0.717) is 12.8 Å². The molecule has 2 N–H and O–H groups in total. The van der Waals surface area contributed by atoms with E-state index in [4.69, 9.17) is 10.4 Å². The topological polar surface area (TPSA) is 111 Å². The molecule has 0 amide bonds. The fourth-order valence-electron chi connectivity index (χ4n) is 2.02. The molecule has 0 aliphatic carbocycles. The number of nitrogens with zero attached hydrogens (tertiary/aromatic N) is 2. The van der Waals surface area contributed by atoms with Crippen LogP contribution in [-0.2, 0) is 15.0 Å². The average Bonchev–Trinajstić information content (AvgIpc) is 2.85. The van der Waals surface area contributed by atoms with E-state index in [1.54, 1.807) is 5.38 Å². The lowest BCUT2D eigenvalue weighted by Crippen LogP contribution is -2.44. The summed E-state index contributed by atoms with van der Waals surface area (Å²) in [5.41, 5.74) is 0.255. The lowest BCUT2D eigenvalue weighted by atomic mass is 10.0. The van der Waals surface area contributed by atoms with Crippen LogP contribution in [0.15, 0.2) is 11.4 Å². The Balaban J connectivity index is 2.14. The number of hydrogen-bond donors (Lipinski definition) is 2. The van der Waals surface area contributed by atoms with E-state index >= 15 is 0 Å². The molecule has 0 bridgehead atoms. The second kappa shape index (κ2) is 5.78. The summed E-state index contributed by atoms with van der Waals surface area (Å²) in [6, 6.07) is 3.43. The molecule has 2 heterocycles. The van der Waals surface area contributed by atoms with E-state index in [0.717, 1.165) is 15.6 Å². The minimum atomic E-state index is -3.83. The lowest BCUT2D eigenvalue weighted by molar-refractivity contribution is -0.142. The molecule has 20 heavy (non-hydrogen) atoms. The highest BCUT2D eigenvalue weighted by molar-refractivity contribution is 7.90. The Labute approximate surface area is 120 Å². The van der Waals surface area contributed by atoms with Crippen LogP contribution in [0.1, 0.15) is 18.4 Å². The molecule has 1 atom stereocenters. The molecule has 1 aliphatic heterocycles. The highest BCUT2D eigenvalue weighted by Crippen LogP contribution is 2.26. The zero-order valence-corrected chi connectivity index (χ0v) is 12.1. The number of hydrogen-bond acceptors (Lipinski definition) is 5. The summed E-state index contributed by atoms with van der Waals surface area (Å²) in [4.78, 5) is 11.0. The van der Waals surface area contributed by atoms with Crippen LogP contribution in [0.2, 0.25) is 0 Å². The van der Waals surface area contributed by atoms with Gasteiger partial charge in [-0.05, 0) is 24.3 Å². The molecule has 1 unspecified atom stereocenters. The van der Waals surface area contributed by atoms with Crippen molar-refractivity contribution in [1.82, 2.24) is 4.31 Å². The number of carboxylic acid groups (broad SMARTS) is 1. The van der Waals surface area contributed by atoms with E-state index in [1.165, 1.54) is 6.07 Å². The van der Waals surface area contributed by atoms with Gasteiger partial charge in [0.1, 0.15) is 11.1 Å². The van der Waals surface area contributed by atoms with Gasteiger partial charge in [0.05, 0.1) is 11.5 Å². The van der Waals surface area contributed by atoms with Crippen molar-refractivity contribution in [2.24, 2.45) is 5.92 Å². The molecule has 0 aromatic carbocycles. The average molecular weight is 315 g/mol. The largest absolute Gasteiger partial charge is 0.481 e. The van der Waals surface area contributed by atoms with Crippen molar-refractivity contribution in [3.8, 4) is 6.07 Å². The molecule has 0 saturated carbocycles. The van der Waals surface area contributed by atoms with Crippen molar-refractivity contribution in [2.45, 2.75) is 12.8 Å². The molecule has 1 fully saturated rings. The quantitative estimate of drug-likeness (QED) is 0.863. The van der Waals surface area contributed by atoms with Gasteiger partial charge in [0.15, 0.2) is 0 Å². The van der Waals surface area contributed by atoms with Crippen molar-refractivity contribution >= 4 is 32.5 Å². The summed E-state index contributed by atoms with van der Waals surface area (Å²) in [5.74, 6) is -1.67. The molecule has 0 spiro atoms. The number of anilines is 1. The molecule has 2 rings (SSSR count). The Bertz CT molecular complexity index is 647. The van der Waals surface area contributed by atoms with Crippen LogP contribution in [0.3, 0.4) is 0 Å². The Morgan fingerprint density at radius 1 is 1.60 bits per heavy atom. The van der Waals surface area contributed by atoms with Gasteiger partial charge in [-0.2, -0.15) is 18.0 Å². The van der Waals surface area contributed by atoms with Crippen molar-refractivity contribution < 1.29 is 18.3 Å². The van der Waals surface area contributed by atoms with Crippen LogP contribution in [-0.4, -0.2) is 36.9 Å². The molecule has 1 aliphatic rings. The van der Waals surface area contributed by atoms with E-state index in [9.17, 15) is 13.2 Å². The number of thiophene rings is 1. The minimum Gasteiger partial charge on any atom is -0.481 e. The number of aliphatic carboxylic acids is 1. The highest BCUT2D eigenvalue weighted by atomic mass is 32.2. The summed E-state index contributed by atoms with van der Waals surface area (Å²) in [6.07, 6.45) is 0.983. The fraction of sp³-hybridized carbons (Fsp3) is 0.455. The van der Waals surface area contributed by atoms with Crippen LogP contribution < -0.4 is 4.72 Å². The van der Waals surface area contributed by atoms with E-state index in [2.05, 4.69) is 4.72 Å². The van der Waals surface area contributed by atoms with Crippen LogP contribution in [0, 0.1) is 17.2 Å². The Hall–Kier alpha value is -1.63. The predicted octanol–water partition coefficient (Wildman–Crippen LogP) is 1.07. The van der Waals surface area contributed by atoms with Gasteiger partial charge < -0.3 is 5.11 Å². The van der Waals surface area contributed by atoms with Gasteiger partial charge in [-0.3, -0.25) is 9.52 Å². The van der Waals surface area contributed by atoms with Crippen LogP contribution in [0.5, 0.6) is 0 Å². The van der Waals surface area contributed by atoms with Gasteiger partial charge in [-0.1, -0.05) is 0 Å². The van der Waals surface area contributed by atoms with Crippen molar-refractivity contribution in [3.63, 3.8) is 0 Å². The molecule has 1 aromatic rings. The smallest absolute Gasteiger partial charge is 0.307 e. The van der Waals surface area contributed by atoms with E-state index < -0.39 is 22.1 Å². The second-order valence-electron chi connectivity index (χ2n) is 4.42. The Morgan fingerprint density at radius 3 is 3.00 bits per heavy atom. The normalized spacial score (nSPS) is 20.2. The van der Waals surface area contributed by atoms with E-state index in [1.807, 2.05) is 6.07 Å². The summed E-state index contributed by atoms with van der Waals surface area (Å²) in [6.45, 7) is 0.240. The van der Waals surface area contributed by atoms with Gasteiger partial charge in [-0.15, -0.1) is 11.3 Å². The fourth-order valence-corrected chi connectivity index (χ4v) is 4.33. The monoisotopic (exact) mass is 315 g/mol. The summed E-state index contributed by atoms with van der Waals surface area (Å²) < 4.78 is 27.9. The standard InChI is InChI=1S/C11H13N3O4S2/c12-6-8-3-5-19-10(8)13-20(17,18)14-4-1-2-9(7-14)11(15)16/h3,5,9,13H,1-2,4,7H2,(H,15,16). The first-order valence-corrected chi connectivity index (χ1v) is 8.24. The summed E-state index contributed by atoms with van der Waals surface area (Å²) in [5, 5.41) is 19.7. The molecule has 0 radical (unpaired) electrons. The van der Waals surface area contributed by atoms with Gasteiger partial charge in [0.25, 0.3) is 0 Å². The molecular weight excluding hydrogens is 302 g/mol. The molecular formula is C11H13N3O4S2. The molecule has 1 saturated heterocycles. The van der Waals surface area contributed by atoms with Gasteiger partial charge >= 0.3 is 16.2 Å². The van der Waals surface area contributed by atoms with Gasteiger partial charge in [-0.25, -0.2) is 0 Å². The maximum Gasteiger partial charge on any atom is 0.307 e. The number of rotatable bonds is 4. The highest BCUT2D eigenvalue weighted by Gasteiger charge is 2.32. The maximum absolute atomic E-state index is 12.2. The van der Waals surface area contributed by atoms with Crippen molar-refractivity contribution in [1.29, 1.82) is 5.26 Å². The van der Waals surface area contributed by atoms with Crippen LogP contribution >= 0.6 is 11.3 Å². The van der Waals surface area contributed by atoms with Crippen LogP contribution in [0.25, 0.3) is 0 Å². The molecule has 1 aromatic heterocycles. The first-order chi connectivity index (χ1) is 9.44. The van der Waals surface area contributed by atoms with Crippen molar-refractivity contribution in [3.05, 3.63) is 17.0 Å². The number of carboxylic acids is 1. The number of nitrogens with one attached hydrogen (secondary N) is 1. The lowest BCUT2D eigenvalue weighted by Gasteiger charge is -2.29. The van der Waals surface area contributed by atoms with Gasteiger partial charge in [0, 0.05) is 13.1 Å². The summed E-state index contributed by atoms with van der Waals surface area (Å²) >= 11 is 1.12. The number of carbonyl (C=O) groups is 1. The second-order valence-corrected chi connectivity index (χ2v) is 7.00. The van der Waals surface area contributed by atoms with Gasteiger partial charge in [0.2, 0.25) is 0 Å². The third-order valence-corrected chi connectivity index (χ3v) is 5.51. The SMILES string of the molecule is N#Cc1ccsc1NS(=O)(=O)N1CCCC(C(=O)O)C1. The first kappa shape index (κ1) is 14.8. The van der Waals surface area contributed by atoms with Crippen molar-refractivity contribution in [2.75, 3.05) is 17.8 Å². The predicted molar refractivity (Wildman–Crippen MR) is 73.5 cm³/mol. The number of piperidine rings is 1. The Morgan fingerprint density at radius 2 is 2.35 bits per heavy atom. The molecule has 9 heteroatoms. The van der Waals surface area contributed by atoms with E-state index in [-0.39, 0.29) is 23.7 Å². The number of nitriles is 1. The molecule has 7 nitrogen and oxygen atoms in total. The summed E-state index contributed by atoms with van der Waals surface area (Å²) in [7, 11) is -3.83. The Kier molecular flexibility index (Phi) is 4.27. The minimum absolute atomic E-state index is 0.0437. The zero-order chi connectivity index (χ0) is 14.8. The molecule has 108 valence electrons. The zero-order valence-electron chi connectivity index (χ0n) is 10.4. The first-order valence-electron chi connectivity index (χ1n) is 5.92. The van der Waals surface area contributed by atoms with Crippen LogP contribution in [0.4, 0.5) is 5.00 Å². The maximum atomic E-state index is 12.2.